The second-order valence-electron chi connectivity index (χ2n) is 6.62. The Kier molecular flexibility index (Phi) is 5.14. The van der Waals surface area contributed by atoms with Crippen molar-refractivity contribution in [3.63, 3.8) is 0 Å². The lowest BCUT2D eigenvalue weighted by Crippen LogP contribution is -2.05. The number of fused-ring (bicyclic) bond motifs is 1. The van der Waals surface area contributed by atoms with Crippen LogP contribution in [0.3, 0.4) is 0 Å². The number of hydrogen-bond donors (Lipinski definition) is 3. The molecule has 0 unspecified atom stereocenters. The van der Waals surface area contributed by atoms with Crippen molar-refractivity contribution in [1.29, 1.82) is 0 Å². The summed E-state index contributed by atoms with van der Waals surface area (Å²) >= 11 is 1.54. The Morgan fingerprint density at radius 1 is 1.10 bits per heavy atom. The van der Waals surface area contributed by atoms with Gasteiger partial charge in [0.25, 0.3) is 0 Å². The first-order valence-corrected chi connectivity index (χ1v) is 9.81. The maximum Gasteiger partial charge on any atom is 0.416 e. The van der Waals surface area contributed by atoms with Crippen LogP contribution in [0.5, 0.6) is 0 Å². The highest BCUT2D eigenvalue weighted by Gasteiger charge is 2.29. The number of nitrogen functional groups attached to an aromatic ring is 1. The van der Waals surface area contributed by atoms with Crippen LogP contribution in [0.4, 0.5) is 24.1 Å². The molecule has 2 aromatic carbocycles. The van der Waals surface area contributed by atoms with E-state index in [0.29, 0.717) is 18.8 Å². The van der Waals surface area contributed by atoms with Crippen LogP contribution in [-0.2, 0) is 12.6 Å². The van der Waals surface area contributed by atoms with Crippen LogP contribution in [0.2, 0.25) is 0 Å². The molecule has 2 aromatic heterocycles. The molecule has 0 saturated heterocycles. The highest BCUT2D eigenvalue weighted by atomic mass is 32.1. The lowest BCUT2D eigenvalue weighted by Gasteiger charge is -2.07. The Hall–Kier alpha value is -3.07. The van der Waals surface area contributed by atoms with E-state index in [1.807, 2.05) is 18.2 Å². The van der Waals surface area contributed by atoms with Crippen LogP contribution in [0.1, 0.15) is 17.5 Å². The minimum atomic E-state index is -4.30. The number of aryl methyl sites for hydroxylation is 1. The minimum absolute atomic E-state index is 0.466. The summed E-state index contributed by atoms with van der Waals surface area (Å²) in [6, 6.07) is 11.2. The van der Waals surface area contributed by atoms with Gasteiger partial charge in [-0.2, -0.15) is 18.3 Å². The lowest BCUT2D eigenvalue weighted by atomic mass is 10.1. The molecule has 0 aliphatic heterocycles. The van der Waals surface area contributed by atoms with Crippen molar-refractivity contribution in [1.82, 2.24) is 15.2 Å². The van der Waals surface area contributed by atoms with Crippen molar-refractivity contribution >= 4 is 33.2 Å². The molecule has 29 heavy (non-hydrogen) atoms. The van der Waals surface area contributed by atoms with Gasteiger partial charge < -0.3 is 11.1 Å². The molecule has 0 saturated carbocycles. The van der Waals surface area contributed by atoms with Gasteiger partial charge in [0, 0.05) is 18.1 Å². The van der Waals surface area contributed by atoms with Crippen molar-refractivity contribution in [2.24, 2.45) is 0 Å². The highest BCUT2D eigenvalue weighted by Crippen LogP contribution is 2.32. The van der Waals surface area contributed by atoms with E-state index in [1.54, 1.807) is 6.20 Å². The average molecular weight is 417 g/mol. The van der Waals surface area contributed by atoms with Crippen molar-refractivity contribution in [2.75, 3.05) is 17.6 Å². The number of H-pyrrole nitrogens is 1. The molecule has 0 aliphatic rings. The van der Waals surface area contributed by atoms with Crippen molar-refractivity contribution in [3.8, 4) is 10.4 Å². The first-order valence-electron chi connectivity index (χ1n) is 9.00. The molecule has 0 fully saturated rings. The summed E-state index contributed by atoms with van der Waals surface area (Å²) in [7, 11) is 0. The van der Waals surface area contributed by atoms with E-state index in [9.17, 15) is 13.2 Å². The standard InChI is InChI=1S/C20H18F3N5S/c21-20(22,23)14-6-3-12(4-7-14)2-1-9-25-19-26-11-17(29-19)13-5-8-16-15(10-13)18(24)28-27-16/h3-8,10-11H,1-2,9H2,(H,25,26)(H3,24,27,28). The molecule has 5 nitrogen and oxygen atoms in total. The first-order chi connectivity index (χ1) is 13.9. The van der Waals surface area contributed by atoms with E-state index in [4.69, 9.17) is 5.73 Å². The number of benzene rings is 2. The number of thiazole rings is 1. The van der Waals surface area contributed by atoms with Gasteiger partial charge in [-0.15, -0.1) is 0 Å². The second kappa shape index (κ2) is 7.75. The van der Waals surface area contributed by atoms with E-state index in [1.165, 1.54) is 23.5 Å². The Morgan fingerprint density at radius 2 is 1.90 bits per heavy atom. The Morgan fingerprint density at radius 3 is 2.66 bits per heavy atom. The fourth-order valence-electron chi connectivity index (χ4n) is 3.03. The molecular formula is C20H18F3N5S. The first kappa shape index (κ1) is 19.3. The zero-order valence-corrected chi connectivity index (χ0v) is 16.1. The van der Waals surface area contributed by atoms with Gasteiger partial charge in [0.05, 0.1) is 16.0 Å². The van der Waals surface area contributed by atoms with Crippen LogP contribution < -0.4 is 11.1 Å². The van der Waals surface area contributed by atoms with E-state index in [2.05, 4.69) is 20.5 Å². The molecule has 0 atom stereocenters. The quantitative estimate of drug-likeness (QED) is 0.370. The molecule has 0 aliphatic carbocycles. The van der Waals surface area contributed by atoms with Crippen LogP contribution in [-0.4, -0.2) is 21.7 Å². The number of alkyl halides is 3. The van der Waals surface area contributed by atoms with Crippen LogP contribution in [0, 0.1) is 0 Å². The molecule has 2 heterocycles. The summed E-state index contributed by atoms with van der Waals surface area (Å²) in [5, 5.41) is 11.8. The monoisotopic (exact) mass is 417 g/mol. The Labute approximate surface area is 168 Å². The summed E-state index contributed by atoms with van der Waals surface area (Å²) in [4.78, 5) is 5.41. The van der Waals surface area contributed by atoms with Gasteiger partial charge in [-0.25, -0.2) is 4.98 Å². The van der Waals surface area contributed by atoms with Gasteiger partial charge >= 0.3 is 6.18 Å². The van der Waals surface area contributed by atoms with Gasteiger partial charge in [-0.3, -0.25) is 5.10 Å². The number of halogens is 3. The topological polar surface area (TPSA) is 79.6 Å². The maximum atomic E-state index is 12.6. The summed E-state index contributed by atoms with van der Waals surface area (Å²) in [6.45, 7) is 0.682. The normalized spacial score (nSPS) is 11.8. The van der Waals surface area contributed by atoms with Crippen molar-refractivity contribution in [3.05, 3.63) is 59.8 Å². The van der Waals surface area contributed by atoms with E-state index >= 15 is 0 Å². The molecule has 150 valence electrons. The molecule has 0 bridgehead atoms. The fraction of sp³-hybridized carbons (Fsp3) is 0.200. The molecule has 0 spiro atoms. The van der Waals surface area contributed by atoms with Gasteiger partial charge in [0.1, 0.15) is 0 Å². The van der Waals surface area contributed by atoms with Crippen LogP contribution in [0.15, 0.2) is 48.7 Å². The third-order valence-electron chi connectivity index (χ3n) is 4.58. The fourth-order valence-corrected chi connectivity index (χ4v) is 3.86. The number of aromatic amines is 1. The predicted octanol–water partition coefficient (Wildman–Crippen LogP) is 5.33. The maximum absolute atomic E-state index is 12.6. The number of nitrogens with zero attached hydrogens (tertiary/aromatic N) is 2. The molecule has 0 amide bonds. The number of anilines is 2. The molecule has 4 aromatic rings. The SMILES string of the molecule is Nc1n[nH]c2ccc(-c3cnc(NCCCc4ccc(C(F)(F)F)cc4)s3)cc12. The molecule has 9 heteroatoms. The van der Waals surface area contributed by atoms with Gasteiger partial charge in [-0.05, 0) is 48.2 Å². The molecule has 4 rings (SSSR count). The van der Waals surface area contributed by atoms with Gasteiger partial charge in [0.2, 0.25) is 0 Å². The number of nitrogens with one attached hydrogen (secondary N) is 2. The predicted molar refractivity (Wildman–Crippen MR) is 110 cm³/mol. The number of hydrogen-bond acceptors (Lipinski definition) is 5. The average Bonchev–Trinajstić information content (AvgIpc) is 3.32. The number of nitrogens with two attached hydrogens (primary N) is 1. The van der Waals surface area contributed by atoms with Crippen molar-refractivity contribution in [2.45, 2.75) is 19.0 Å². The lowest BCUT2D eigenvalue weighted by molar-refractivity contribution is -0.137. The summed E-state index contributed by atoms with van der Waals surface area (Å²) < 4.78 is 37.8. The summed E-state index contributed by atoms with van der Waals surface area (Å²) in [6.07, 6.45) is -1.01. The van der Waals surface area contributed by atoms with E-state index < -0.39 is 11.7 Å². The van der Waals surface area contributed by atoms with Crippen LogP contribution in [0.25, 0.3) is 21.3 Å². The van der Waals surface area contributed by atoms with Gasteiger partial charge in [0.15, 0.2) is 10.9 Å². The third-order valence-corrected chi connectivity index (χ3v) is 5.59. The molecular weight excluding hydrogens is 399 g/mol. The van der Waals surface area contributed by atoms with Crippen molar-refractivity contribution < 1.29 is 13.2 Å². The number of aromatic nitrogens is 3. The summed E-state index contributed by atoms with van der Waals surface area (Å²) in [5.41, 5.74) is 8.03. The Bertz CT molecular complexity index is 1120. The van der Waals surface area contributed by atoms with Crippen LogP contribution >= 0.6 is 11.3 Å². The minimum Gasteiger partial charge on any atom is -0.382 e. The Balaban J connectivity index is 1.32. The summed E-state index contributed by atoms with van der Waals surface area (Å²) in [5.74, 6) is 0.466. The largest absolute Gasteiger partial charge is 0.416 e. The molecule has 4 N–H and O–H groups in total. The highest BCUT2D eigenvalue weighted by molar-refractivity contribution is 7.18. The number of rotatable bonds is 6. The zero-order valence-electron chi connectivity index (χ0n) is 15.3. The van der Waals surface area contributed by atoms with E-state index in [-0.39, 0.29) is 0 Å². The second-order valence-corrected chi connectivity index (χ2v) is 7.65. The smallest absolute Gasteiger partial charge is 0.382 e. The zero-order chi connectivity index (χ0) is 20.4. The molecule has 0 radical (unpaired) electrons. The third kappa shape index (κ3) is 4.34. The van der Waals surface area contributed by atoms with Gasteiger partial charge in [-0.1, -0.05) is 29.5 Å². The van der Waals surface area contributed by atoms with E-state index in [0.717, 1.165) is 50.6 Å².